The summed E-state index contributed by atoms with van der Waals surface area (Å²) in [5, 5.41) is 14.4. The Hall–Kier alpha value is -2.67. The van der Waals surface area contributed by atoms with Crippen LogP contribution in [-0.4, -0.2) is 51.0 Å². The number of aliphatic hydroxyl groups is 1. The van der Waals surface area contributed by atoms with Gasteiger partial charge in [0.15, 0.2) is 0 Å². The molecule has 2 aromatic carbocycles. The van der Waals surface area contributed by atoms with Gasteiger partial charge in [0, 0.05) is 12.6 Å². The van der Waals surface area contributed by atoms with Crippen molar-refractivity contribution in [3.63, 3.8) is 0 Å². The monoisotopic (exact) mass is 487 g/mol. The number of urea groups is 1. The van der Waals surface area contributed by atoms with Crippen LogP contribution >= 0.6 is 0 Å². The smallest absolute Gasteiger partial charge is 0.319 e. The van der Waals surface area contributed by atoms with Gasteiger partial charge in [-0.2, -0.15) is 0 Å². The van der Waals surface area contributed by atoms with Crippen LogP contribution in [0.4, 0.5) is 23.7 Å². The fourth-order valence-corrected chi connectivity index (χ4v) is 4.82. The quantitative estimate of drug-likeness (QED) is 0.457. The van der Waals surface area contributed by atoms with Gasteiger partial charge in [0.05, 0.1) is 35.4 Å². The van der Waals surface area contributed by atoms with Gasteiger partial charge in [0.2, 0.25) is 10.0 Å². The van der Waals surface area contributed by atoms with E-state index in [1.54, 1.807) is 0 Å². The molecule has 0 aromatic heterocycles. The molecule has 4 N–H and O–H groups in total. The molecule has 180 valence electrons. The number of hydrogen-bond acceptors (Lipinski definition) is 5. The molecule has 0 bridgehead atoms. The number of anilines is 1. The van der Waals surface area contributed by atoms with E-state index in [1.807, 2.05) is 0 Å². The minimum atomic E-state index is -4.01. The van der Waals surface area contributed by atoms with Crippen LogP contribution in [0.25, 0.3) is 0 Å². The Morgan fingerprint density at radius 2 is 1.85 bits per heavy atom. The van der Waals surface area contributed by atoms with Crippen molar-refractivity contribution in [3.8, 4) is 0 Å². The van der Waals surface area contributed by atoms with Crippen molar-refractivity contribution in [2.24, 2.45) is 0 Å². The maximum Gasteiger partial charge on any atom is 0.319 e. The Balaban J connectivity index is 1.48. The Kier molecular flexibility index (Phi) is 8.30. The molecule has 12 heteroatoms. The summed E-state index contributed by atoms with van der Waals surface area (Å²) in [5.41, 5.74) is -0.296. The van der Waals surface area contributed by atoms with Crippen molar-refractivity contribution in [3.05, 3.63) is 59.9 Å². The van der Waals surface area contributed by atoms with E-state index in [2.05, 4.69) is 15.4 Å². The second-order valence-electron chi connectivity index (χ2n) is 7.54. The number of carbonyl (C=O) groups is 1. The largest absolute Gasteiger partial charge is 0.394 e. The Morgan fingerprint density at radius 1 is 1.09 bits per heavy atom. The summed E-state index contributed by atoms with van der Waals surface area (Å²) in [6.45, 7) is -0.301. The number of carbonyl (C=O) groups excluding carboxylic acids is 1. The molecular formula is C21H24F3N3O5S. The lowest BCUT2D eigenvalue weighted by Crippen LogP contribution is -2.51. The highest BCUT2D eigenvalue weighted by molar-refractivity contribution is 7.89. The van der Waals surface area contributed by atoms with Gasteiger partial charge in [0.1, 0.15) is 17.5 Å². The number of nitrogens with one attached hydrogen (secondary N) is 3. The van der Waals surface area contributed by atoms with E-state index < -0.39 is 52.3 Å². The second-order valence-corrected chi connectivity index (χ2v) is 9.25. The molecule has 3 atom stereocenters. The van der Waals surface area contributed by atoms with Crippen LogP contribution in [0.5, 0.6) is 0 Å². The van der Waals surface area contributed by atoms with E-state index in [9.17, 15) is 31.5 Å². The van der Waals surface area contributed by atoms with Crippen LogP contribution in [0.1, 0.15) is 19.3 Å². The summed E-state index contributed by atoms with van der Waals surface area (Å²) in [6, 6.07) is 5.82. The highest BCUT2D eigenvalue weighted by atomic mass is 32.2. The van der Waals surface area contributed by atoms with Crippen molar-refractivity contribution in [1.29, 1.82) is 0 Å². The summed E-state index contributed by atoms with van der Waals surface area (Å²) in [7, 11) is -4.01. The Bertz CT molecular complexity index is 1090. The summed E-state index contributed by atoms with van der Waals surface area (Å²) in [4.78, 5) is 11.7. The predicted octanol–water partition coefficient (Wildman–Crippen LogP) is 2.50. The molecule has 1 fully saturated rings. The van der Waals surface area contributed by atoms with Crippen molar-refractivity contribution < 1.29 is 36.2 Å². The topological polar surface area (TPSA) is 117 Å². The van der Waals surface area contributed by atoms with E-state index in [4.69, 9.17) is 4.74 Å². The molecule has 2 amide bonds. The molecule has 0 aliphatic carbocycles. The number of hydrogen-bond donors (Lipinski definition) is 4. The molecular weight excluding hydrogens is 463 g/mol. The number of sulfonamides is 1. The van der Waals surface area contributed by atoms with E-state index in [-0.39, 0.29) is 23.2 Å². The molecule has 8 nitrogen and oxygen atoms in total. The zero-order valence-corrected chi connectivity index (χ0v) is 18.2. The van der Waals surface area contributed by atoms with Gasteiger partial charge in [0.25, 0.3) is 0 Å². The molecule has 1 heterocycles. The highest BCUT2D eigenvalue weighted by Crippen LogP contribution is 2.23. The first-order valence-corrected chi connectivity index (χ1v) is 11.7. The Labute approximate surface area is 189 Å². The normalized spacial score (nSPS) is 20.9. The molecule has 33 heavy (non-hydrogen) atoms. The predicted molar refractivity (Wildman–Crippen MR) is 113 cm³/mol. The molecule has 0 spiro atoms. The molecule has 1 aliphatic rings. The number of halogens is 3. The minimum Gasteiger partial charge on any atom is -0.394 e. The van der Waals surface area contributed by atoms with Crippen LogP contribution in [-0.2, 0) is 14.8 Å². The van der Waals surface area contributed by atoms with Crippen molar-refractivity contribution >= 4 is 21.7 Å². The maximum atomic E-state index is 13.6. The first-order valence-electron chi connectivity index (χ1n) is 10.2. The van der Waals surface area contributed by atoms with Crippen molar-refractivity contribution in [1.82, 2.24) is 10.0 Å². The van der Waals surface area contributed by atoms with E-state index in [0.717, 1.165) is 30.3 Å². The molecule has 1 aliphatic heterocycles. The van der Waals surface area contributed by atoms with E-state index >= 15 is 0 Å². The number of aliphatic hydroxyl groups excluding tert-OH is 1. The minimum absolute atomic E-state index is 0.144. The van der Waals surface area contributed by atoms with E-state index in [1.165, 1.54) is 12.1 Å². The van der Waals surface area contributed by atoms with Crippen LogP contribution in [0.15, 0.2) is 47.4 Å². The summed E-state index contributed by atoms with van der Waals surface area (Å²) in [5.74, 6) is -2.16. The summed E-state index contributed by atoms with van der Waals surface area (Å²) < 4.78 is 73.4. The lowest BCUT2D eigenvalue weighted by Gasteiger charge is -2.36. The lowest BCUT2D eigenvalue weighted by atomic mass is 9.98. The van der Waals surface area contributed by atoms with E-state index in [0.29, 0.717) is 19.3 Å². The zero-order valence-electron chi connectivity index (χ0n) is 17.4. The van der Waals surface area contributed by atoms with Gasteiger partial charge in [-0.25, -0.2) is 31.1 Å². The summed E-state index contributed by atoms with van der Waals surface area (Å²) in [6.07, 6.45) is -0.0655. The first kappa shape index (κ1) is 25.0. The number of amides is 2. The van der Waals surface area contributed by atoms with Crippen molar-refractivity contribution in [2.45, 2.75) is 42.4 Å². The van der Waals surface area contributed by atoms with Crippen molar-refractivity contribution in [2.75, 3.05) is 18.5 Å². The number of ether oxygens (including phenoxy) is 1. The standard InChI is InChI=1S/C21H24F3N3O5S/c22-13-2-1-3-16(10-13)33(30,31)27-18-7-5-15(32-20(18)12-28)8-9-25-21(29)26-19-11-14(23)4-6-17(19)24/h1-4,6,10-11,15,18,20,27-28H,5,7-9,12H2,(H2,25,26,29)/t15-,18-,20+/m1/s1. The van der Waals surface area contributed by atoms with Gasteiger partial charge in [-0.05, 0) is 49.6 Å². The average molecular weight is 488 g/mol. The molecule has 0 unspecified atom stereocenters. The van der Waals surface area contributed by atoms with Gasteiger partial charge < -0.3 is 20.5 Å². The fourth-order valence-electron chi connectivity index (χ4n) is 3.49. The third-order valence-corrected chi connectivity index (χ3v) is 6.62. The SMILES string of the molecule is O=C(NCC[C@H]1CC[C@@H](NS(=O)(=O)c2cccc(F)c2)[C@H](CO)O1)Nc1cc(F)ccc1F. The molecule has 1 saturated heterocycles. The third kappa shape index (κ3) is 6.90. The van der Waals surface area contributed by atoms with Gasteiger partial charge >= 0.3 is 6.03 Å². The van der Waals surface area contributed by atoms with Gasteiger partial charge in [-0.1, -0.05) is 6.07 Å². The van der Waals surface area contributed by atoms with Crippen LogP contribution < -0.4 is 15.4 Å². The fraction of sp³-hybridized carbons (Fsp3) is 0.381. The highest BCUT2D eigenvalue weighted by Gasteiger charge is 2.34. The Morgan fingerprint density at radius 3 is 2.58 bits per heavy atom. The zero-order chi connectivity index (χ0) is 24.0. The van der Waals surface area contributed by atoms with Crippen LogP contribution in [0, 0.1) is 17.5 Å². The number of benzene rings is 2. The maximum absolute atomic E-state index is 13.6. The molecule has 3 rings (SSSR count). The first-order chi connectivity index (χ1) is 15.7. The van der Waals surface area contributed by atoms with Gasteiger partial charge in [-0.3, -0.25) is 0 Å². The van der Waals surface area contributed by atoms with Gasteiger partial charge in [-0.15, -0.1) is 0 Å². The van der Waals surface area contributed by atoms with Crippen LogP contribution in [0.2, 0.25) is 0 Å². The molecule has 2 aromatic rings. The lowest BCUT2D eigenvalue weighted by molar-refractivity contribution is -0.0871. The summed E-state index contributed by atoms with van der Waals surface area (Å²) >= 11 is 0. The number of rotatable bonds is 8. The second kappa shape index (κ2) is 11.0. The third-order valence-electron chi connectivity index (χ3n) is 5.14. The van der Waals surface area contributed by atoms with Crippen LogP contribution in [0.3, 0.4) is 0 Å². The average Bonchev–Trinajstić information content (AvgIpc) is 2.77. The molecule has 0 saturated carbocycles. The molecule has 0 radical (unpaired) electrons.